The highest BCUT2D eigenvalue weighted by atomic mass is 35.5. The Hall–Kier alpha value is -3.41. The Labute approximate surface area is 227 Å². The number of thioether (sulfide) groups is 1. The number of rotatable bonds is 11. The van der Waals surface area contributed by atoms with Crippen LogP contribution < -0.4 is 10.6 Å². The predicted molar refractivity (Wildman–Crippen MR) is 144 cm³/mol. The summed E-state index contributed by atoms with van der Waals surface area (Å²) in [6, 6.07) is 10.0. The van der Waals surface area contributed by atoms with Crippen molar-refractivity contribution in [1.82, 2.24) is 20.1 Å². The number of halogens is 2. The van der Waals surface area contributed by atoms with E-state index < -0.39 is 16.9 Å². The van der Waals surface area contributed by atoms with E-state index in [4.69, 9.17) is 23.2 Å². The number of nitrogens with zero attached hydrogens (tertiary/aromatic N) is 4. The van der Waals surface area contributed by atoms with Gasteiger partial charge >= 0.3 is 0 Å². The van der Waals surface area contributed by atoms with E-state index in [-0.39, 0.29) is 34.0 Å². The summed E-state index contributed by atoms with van der Waals surface area (Å²) in [7, 11) is 0. The molecule has 0 saturated carbocycles. The second-order valence-electron chi connectivity index (χ2n) is 8.17. The first kappa shape index (κ1) is 28.2. The van der Waals surface area contributed by atoms with Crippen molar-refractivity contribution in [3.05, 3.63) is 86.7 Å². The van der Waals surface area contributed by atoms with Gasteiger partial charge in [-0.2, -0.15) is 0 Å². The molecule has 0 aliphatic rings. The first-order valence-electron chi connectivity index (χ1n) is 11.1. The highest BCUT2D eigenvalue weighted by molar-refractivity contribution is 7.99. The summed E-state index contributed by atoms with van der Waals surface area (Å²) in [5.41, 5.74) is 0.286. The fourth-order valence-corrected chi connectivity index (χ4v) is 4.51. The molecule has 0 aliphatic carbocycles. The van der Waals surface area contributed by atoms with Gasteiger partial charge < -0.3 is 15.2 Å². The number of hydrogen-bond acceptors (Lipinski definition) is 7. The maximum atomic E-state index is 12.9. The molecular formula is C24H24Cl2N6O4S. The van der Waals surface area contributed by atoms with E-state index in [9.17, 15) is 19.7 Å². The fraction of sp³-hybridized carbons (Fsp3) is 0.250. The average Bonchev–Trinajstić information content (AvgIpc) is 3.24. The lowest BCUT2D eigenvalue weighted by atomic mass is 10.0. The Morgan fingerprint density at radius 2 is 1.92 bits per heavy atom. The Morgan fingerprint density at radius 3 is 2.57 bits per heavy atom. The molecule has 13 heteroatoms. The Kier molecular flexibility index (Phi) is 9.67. The van der Waals surface area contributed by atoms with Crippen LogP contribution in [0.5, 0.6) is 0 Å². The minimum Gasteiger partial charge on any atom is -0.342 e. The number of hydrogen-bond donors (Lipinski definition) is 2. The van der Waals surface area contributed by atoms with Gasteiger partial charge in [0.1, 0.15) is 0 Å². The molecule has 1 aromatic heterocycles. The highest BCUT2D eigenvalue weighted by Gasteiger charge is 2.27. The normalized spacial score (nSPS) is 11.7. The number of carbonyl (C=O) groups is 2. The van der Waals surface area contributed by atoms with E-state index in [1.54, 1.807) is 34.9 Å². The van der Waals surface area contributed by atoms with Crippen LogP contribution in [-0.2, 0) is 11.3 Å². The summed E-state index contributed by atoms with van der Waals surface area (Å²) in [5.74, 6) is -0.391. The first-order valence-corrected chi connectivity index (χ1v) is 12.8. The van der Waals surface area contributed by atoms with E-state index in [1.165, 1.54) is 18.2 Å². The lowest BCUT2D eigenvalue weighted by molar-refractivity contribution is -0.384. The summed E-state index contributed by atoms with van der Waals surface area (Å²) < 4.78 is 1.77. The zero-order valence-corrected chi connectivity index (χ0v) is 22.3. The van der Waals surface area contributed by atoms with Crippen LogP contribution in [0.2, 0.25) is 10.0 Å². The lowest BCUT2D eigenvalue weighted by Crippen LogP contribution is -2.34. The second-order valence-corrected chi connectivity index (χ2v) is 9.93. The van der Waals surface area contributed by atoms with Crippen LogP contribution in [0.1, 0.15) is 36.1 Å². The van der Waals surface area contributed by atoms with Crippen LogP contribution in [0.4, 0.5) is 11.4 Å². The number of anilines is 1. The molecule has 194 valence electrons. The Balaban J connectivity index is 1.77. The number of aromatic nitrogens is 3. The number of nitrogens with one attached hydrogen (secondary N) is 2. The molecule has 37 heavy (non-hydrogen) atoms. The molecule has 0 fully saturated rings. The van der Waals surface area contributed by atoms with Gasteiger partial charge in [0.25, 0.3) is 11.6 Å². The molecule has 1 heterocycles. The SMILES string of the molecule is C=CCn1c(SCC(=O)Nc2cc([N+](=O)[O-])ccc2Cl)nnc1[C@H](NC(=O)c1ccccc1Cl)C(C)C. The van der Waals surface area contributed by atoms with Gasteiger partial charge in [0, 0.05) is 18.7 Å². The predicted octanol–water partition coefficient (Wildman–Crippen LogP) is 5.54. The molecule has 2 N–H and O–H groups in total. The largest absolute Gasteiger partial charge is 0.342 e. The Bertz CT molecular complexity index is 1330. The summed E-state index contributed by atoms with van der Waals surface area (Å²) in [6.07, 6.45) is 1.66. The van der Waals surface area contributed by atoms with Crippen molar-refractivity contribution in [3.63, 3.8) is 0 Å². The number of nitro groups is 1. The number of allylic oxidation sites excluding steroid dienone is 1. The minimum absolute atomic E-state index is 0.0450. The van der Waals surface area contributed by atoms with Gasteiger partial charge in [-0.1, -0.05) is 67.0 Å². The maximum Gasteiger partial charge on any atom is 0.271 e. The van der Waals surface area contributed by atoms with Crippen LogP contribution in [0.25, 0.3) is 0 Å². The maximum absolute atomic E-state index is 12.9. The molecule has 1 atom stereocenters. The molecule has 2 amide bonds. The Morgan fingerprint density at radius 1 is 1.19 bits per heavy atom. The number of nitro benzene ring substituents is 1. The molecule has 0 saturated heterocycles. The topological polar surface area (TPSA) is 132 Å². The van der Waals surface area contributed by atoms with E-state index >= 15 is 0 Å². The van der Waals surface area contributed by atoms with Crippen molar-refractivity contribution in [2.75, 3.05) is 11.1 Å². The van der Waals surface area contributed by atoms with E-state index in [0.29, 0.717) is 28.1 Å². The highest BCUT2D eigenvalue weighted by Crippen LogP contribution is 2.29. The zero-order valence-electron chi connectivity index (χ0n) is 20.0. The second kappa shape index (κ2) is 12.7. The number of carbonyl (C=O) groups excluding carboxylic acids is 2. The van der Waals surface area contributed by atoms with Crippen molar-refractivity contribution in [1.29, 1.82) is 0 Å². The number of amides is 2. The third-order valence-corrected chi connectivity index (χ3v) is 6.80. The van der Waals surface area contributed by atoms with Gasteiger partial charge in [0.05, 0.1) is 38.0 Å². The van der Waals surface area contributed by atoms with Gasteiger partial charge in [-0.25, -0.2) is 0 Å². The molecular weight excluding hydrogens is 539 g/mol. The van der Waals surface area contributed by atoms with Crippen molar-refractivity contribution < 1.29 is 14.5 Å². The van der Waals surface area contributed by atoms with Gasteiger partial charge in [-0.3, -0.25) is 19.7 Å². The molecule has 0 radical (unpaired) electrons. The van der Waals surface area contributed by atoms with Gasteiger partial charge in [-0.05, 0) is 24.1 Å². The van der Waals surface area contributed by atoms with Crippen LogP contribution in [0, 0.1) is 16.0 Å². The van der Waals surface area contributed by atoms with Crippen molar-refractivity contribution in [2.45, 2.75) is 31.6 Å². The van der Waals surface area contributed by atoms with Crippen molar-refractivity contribution >= 4 is 58.2 Å². The first-order chi connectivity index (χ1) is 17.6. The number of non-ortho nitro benzene ring substituents is 1. The van der Waals surface area contributed by atoms with Crippen LogP contribution in [0.3, 0.4) is 0 Å². The van der Waals surface area contributed by atoms with E-state index in [1.807, 2.05) is 13.8 Å². The van der Waals surface area contributed by atoms with Gasteiger partial charge in [0.2, 0.25) is 5.91 Å². The van der Waals surface area contributed by atoms with Gasteiger partial charge in [-0.15, -0.1) is 16.8 Å². The molecule has 2 aromatic carbocycles. The third-order valence-electron chi connectivity index (χ3n) is 5.17. The lowest BCUT2D eigenvalue weighted by Gasteiger charge is -2.23. The summed E-state index contributed by atoms with van der Waals surface area (Å²) in [5, 5.41) is 26.1. The minimum atomic E-state index is -0.574. The smallest absolute Gasteiger partial charge is 0.271 e. The molecule has 0 bridgehead atoms. The van der Waals surface area contributed by atoms with E-state index in [0.717, 1.165) is 11.8 Å². The monoisotopic (exact) mass is 562 g/mol. The zero-order chi connectivity index (χ0) is 27.1. The fourth-order valence-electron chi connectivity index (χ4n) is 3.37. The van der Waals surface area contributed by atoms with Crippen molar-refractivity contribution in [3.8, 4) is 0 Å². The van der Waals surface area contributed by atoms with Crippen LogP contribution >= 0.6 is 35.0 Å². The molecule has 0 spiro atoms. The molecule has 0 unspecified atom stereocenters. The van der Waals surface area contributed by atoms with Crippen molar-refractivity contribution in [2.24, 2.45) is 5.92 Å². The average molecular weight is 563 g/mol. The quantitative estimate of drug-likeness (QED) is 0.136. The summed E-state index contributed by atoms with van der Waals surface area (Å²) >= 11 is 13.4. The van der Waals surface area contributed by atoms with Crippen LogP contribution in [0.15, 0.2) is 60.3 Å². The standard InChI is InChI=1S/C24H24Cl2N6O4S/c1-4-11-31-22(21(14(2)3)28-23(34)16-7-5-6-8-17(16)25)29-30-24(31)37-13-20(33)27-19-12-15(32(35)36)9-10-18(19)26/h4-10,12,14,21H,1,11,13H2,2-3H3,(H,27,33)(H,28,34)/t21-/m1/s1. The summed E-state index contributed by atoms with van der Waals surface area (Å²) in [4.78, 5) is 35.9. The molecule has 3 aromatic rings. The molecule has 10 nitrogen and oxygen atoms in total. The summed E-state index contributed by atoms with van der Waals surface area (Å²) in [6.45, 7) is 8.00. The third kappa shape index (κ3) is 7.09. The molecule has 3 rings (SSSR count). The van der Waals surface area contributed by atoms with Gasteiger partial charge in [0.15, 0.2) is 11.0 Å². The molecule has 0 aliphatic heterocycles. The number of benzene rings is 2. The van der Waals surface area contributed by atoms with E-state index in [2.05, 4.69) is 27.4 Å². The van der Waals surface area contributed by atoms with Crippen LogP contribution in [-0.4, -0.2) is 37.3 Å².